The first-order valence-electron chi connectivity index (χ1n) is 11.3. The van der Waals surface area contributed by atoms with E-state index in [0.29, 0.717) is 16.3 Å². The lowest BCUT2D eigenvalue weighted by Gasteiger charge is -2.28. The lowest BCUT2D eigenvalue weighted by atomic mass is 10.1. The molecule has 13 heteroatoms. The molecular weight excluding hydrogens is 509 g/mol. The van der Waals surface area contributed by atoms with Crippen molar-refractivity contribution in [2.45, 2.75) is 33.4 Å². The summed E-state index contributed by atoms with van der Waals surface area (Å²) >= 11 is 0. The maximum atomic E-state index is 14.7. The van der Waals surface area contributed by atoms with Gasteiger partial charge in [0.15, 0.2) is 11.6 Å². The number of aromatic nitrogens is 2. The number of hydrogen-bond acceptors (Lipinski definition) is 7. The van der Waals surface area contributed by atoms with E-state index in [4.69, 9.17) is 0 Å². The highest BCUT2D eigenvalue weighted by Crippen LogP contribution is 2.31. The molecule has 1 aliphatic heterocycles. The average molecular weight is 535 g/mol. The first kappa shape index (κ1) is 26.2. The Morgan fingerprint density at radius 2 is 1.95 bits per heavy atom. The Bertz CT molecular complexity index is 1450. The number of hydrogen-bond donors (Lipinski definition) is 2. The van der Waals surface area contributed by atoms with Gasteiger partial charge in [0.05, 0.1) is 31.1 Å². The third-order valence-corrected chi connectivity index (χ3v) is 7.02. The topological polar surface area (TPSA) is 108 Å². The molecule has 1 aromatic heterocycles. The van der Waals surface area contributed by atoms with Gasteiger partial charge in [0.2, 0.25) is 21.9 Å². The second-order valence-electron chi connectivity index (χ2n) is 8.55. The third-order valence-electron chi connectivity index (χ3n) is 5.76. The second kappa shape index (κ2) is 10.2. The van der Waals surface area contributed by atoms with E-state index >= 15 is 0 Å². The normalized spacial score (nSPS) is 12.9. The highest BCUT2D eigenvalue weighted by Gasteiger charge is 2.27. The van der Waals surface area contributed by atoms with Gasteiger partial charge < -0.3 is 10.6 Å². The predicted molar refractivity (Wildman–Crippen MR) is 135 cm³/mol. The maximum Gasteiger partial charge on any atom is 0.316 e. The molecule has 2 N–H and O–H groups in total. The number of nitrogens with one attached hydrogen (secondary N) is 2. The third kappa shape index (κ3) is 5.77. The van der Waals surface area contributed by atoms with E-state index in [-0.39, 0.29) is 36.1 Å². The molecule has 0 aliphatic carbocycles. The van der Waals surface area contributed by atoms with Crippen molar-refractivity contribution >= 4 is 44.8 Å². The maximum absolute atomic E-state index is 14.7. The molecule has 0 spiro atoms. The highest BCUT2D eigenvalue weighted by atomic mass is 32.2. The van der Waals surface area contributed by atoms with Crippen LogP contribution in [-0.4, -0.2) is 43.6 Å². The lowest BCUT2D eigenvalue weighted by molar-refractivity contribution is -0.115. The molecule has 37 heavy (non-hydrogen) atoms. The number of halogens is 3. The smallest absolute Gasteiger partial charge is 0.316 e. The number of alkyl halides is 2. The van der Waals surface area contributed by atoms with Gasteiger partial charge in [-0.25, -0.2) is 17.8 Å². The second-order valence-corrected chi connectivity index (χ2v) is 10.5. The minimum atomic E-state index is -3.69. The van der Waals surface area contributed by atoms with E-state index in [9.17, 15) is 26.4 Å². The molecule has 0 saturated carbocycles. The molecule has 0 fully saturated rings. The summed E-state index contributed by atoms with van der Waals surface area (Å²) in [5, 5.41) is 5.54. The van der Waals surface area contributed by atoms with Crippen molar-refractivity contribution in [1.29, 1.82) is 0 Å². The minimum Gasteiger partial charge on any atom is -0.325 e. The van der Waals surface area contributed by atoms with Crippen LogP contribution in [0.5, 0.6) is 0 Å². The molecule has 9 nitrogen and oxygen atoms in total. The number of carbonyl (C=O) groups excluding carboxylic acids is 1. The molecule has 4 rings (SSSR count). The monoisotopic (exact) mass is 534 g/mol. The fourth-order valence-electron chi connectivity index (χ4n) is 4.08. The highest BCUT2D eigenvalue weighted by molar-refractivity contribution is 7.92. The molecule has 1 amide bonds. The molecule has 2 aromatic carbocycles. The first-order chi connectivity index (χ1) is 17.5. The zero-order valence-electron chi connectivity index (χ0n) is 20.3. The Balaban J connectivity index is 1.67. The van der Waals surface area contributed by atoms with Gasteiger partial charge in [0.1, 0.15) is 0 Å². The number of amides is 1. The number of benzene rings is 2. The van der Waals surface area contributed by atoms with Crippen LogP contribution >= 0.6 is 0 Å². The van der Waals surface area contributed by atoms with Crippen LogP contribution < -0.4 is 19.8 Å². The van der Waals surface area contributed by atoms with Gasteiger partial charge in [0.25, 0.3) is 0 Å². The summed E-state index contributed by atoms with van der Waals surface area (Å²) < 4.78 is 69.0. The molecule has 0 atom stereocenters. The first-order valence-corrected chi connectivity index (χ1v) is 13.2. The van der Waals surface area contributed by atoms with Crippen molar-refractivity contribution in [2.75, 3.05) is 32.6 Å². The van der Waals surface area contributed by atoms with Gasteiger partial charge in [-0.1, -0.05) is 18.2 Å². The van der Waals surface area contributed by atoms with Gasteiger partial charge in [-0.3, -0.25) is 14.0 Å². The number of rotatable bonds is 9. The van der Waals surface area contributed by atoms with Crippen LogP contribution in [0.15, 0.2) is 42.6 Å². The van der Waals surface area contributed by atoms with Crippen molar-refractivity contribution in [3.63, 3.8) is 0 Å². The van der Waals surface area contributed by atoms with Crippen molar-refractivity contribution in [3.05, 3.63) is 65.1 Å². The van der Waals surface area contributed by atoms with Gasteiger partial charge in [-0.05, 0) is 48.7 Å². The fourth-order valence-corrected chi connectivity index (χ4v) is 5.08. The lowest BCUT2D eigenvalue weighted by Crippen LogP contribution is -2.34. The van der Waals surface area contributed by atoms with Crippen LogP contribution in [0.2, 0.25) is 0 Å². The van der Waals surface area contributed by atoms with Gasteiger partial charge in [-0.15, -0.1) is 0 Å². The molecule has 1 aliphatic rings. The van der Waals surface area contributed by atoms with Crippen molar-refractivity contribution < 1.29 is 26.4 Å². The summed E-state index contributed by atoms with van der Waals surface area (Å²) in [4.78, 5) is 19.9. The number of sulfonamides is 1. The Labute approximate surface area is 212 Å². The summed E-state index contributed by atoms with van der Waals surface area (Å²) in [6.07, 6.45) is 2.06. The standard InChI is InChI=1S/C24H25F3N6O3S/c1-4-33(37(3,35)36)20-9-14(2)5-6-16(20)13-32(23(26)27)22-18(25)12-28-24(31-22)29-17-8-7-15-10-21(34)30-19(15)11-17/h5-9,11-12,23H,4,10,13H2,1-3H3,(H,30,34)(H,28,29,31). The fraction of sp³-hybridized carbons (Fsp3) is 0.292. The van der Waals surface area contributed by atoms with Crippen LogP contribution in [0.4, 0.5) is 42.0 Å². The number of aryl methyl sites for hydroxylation is 1. The van der Waals surface area contributed by atoms with Crippen molar-refractivity contribution in [1.82, 2.24) is 9.97 Å². The van der Waals surface area contributed by atoms with Gasteiger partial charge in [0, 0.05) is 17.9 Å². The predicted octanol–water partition coefficient (Wildman–Crippen LogP) is 4.18. The Kier molecular flexibility index (Phi) is 7.25. The van der Waals surface area contributed by atoms with Crippen molar-refractivity contribution in [3.8, 4) is 0 Å². The van der Waals surface area contributed by atoms with E-state index in [1.54, 1.807) is 44.2 Å². The average Bonchev–Trinajstić information content (AvgIpc) is 3.18. The van der Waals surface area contributed by atoms with Crippen LogP contribution in [0.25, 0.3) is 0 Å². The van der Waals surface area contributed by atoms with Crippen LogP contribution in [0.1, 0.15) is 23.6 Å². The molecule has 0 bridgehead atoms. The van der Waals surface area contributed by atoms with E-state index in [1.165, 1.54) is 6.07 Å². The van der Waals surface area contributed by atoms with E-state index in [1.807, 2.05) is 0 Å². The molecule has 0 radical (unpaired) electrons. The molecular formula is C24H25F3N6O3S. The van der Waals surface area contributed by atoms with E-state index in [2.05, 4.69) is 20.6 Å². The summed E-state index contributed by atoms with van der Waals surface area (Å²) in [5.41, 5.74) is 3.09. The van der Waals surface area contributed by atoms with Crippen LogP contribution in [-0.2, 0) is 27.8 Å². The molecule has 0 unspecified atom stereocenters. The summed E-state index contributed by atoms with van der Waals surface area (Å²) in [6, 6.07) is 9.81. The van der Waals surface area contributed by atoms with Gasteiger partial charge in [-0.2, -0.15) is 13.8 Å². The van der Waals surface area contributed by atoms with Crippen LogP contribution in [0.3, 0.4) is 0 Å². The van der Waals surface area contributed by atoms with E-state index < -0.39 is 34.8 Å². The van der Waals surface area contributed by atoms with Crippen LogP contribution in [0, 0.1) is 12.7 Å². The van der Waals surface area contributed by atoms with Gasteiger partial charge >= 0.3 is 6.55 Å². The SMILES string of the molecule is CCN(c1cc(C)ccc1CN(c1nc(Nc2ccc3c(c2)NC(=O)C3)ncc1F)C(F)F)S(C)(=O)=O. The van der Waals surface area contributed by atoms with Crippen molar-refractivity contribution in [2.24, 2.45) is 0 Å². The quantitative estimate of drug-likeness (QED) is 0.397. The molecule has 196 valence electrons. The minimum absolute atomic E-state index is 0.0845. The summed E-state index contributed by atoms with van der Waals surface area (Å²) in [6.45, 7) is -0.209. The zero-order chi connectivity index (χ0) is 26.9. The number of anilines is 5. The number of fused-ring (bicyclic) bond motifs is 1. The Hall–Kier alpha value is -3.87. The number of carbonyl (C=O) groups is 1. The molecule has 0 saturated heterocycles. The Morgan fingerprint density at radius 3 is 2.62 bits per heavy atom. The molecule has 2 heterocycles. The summed E-state index contributed by atoms with van der Waals surface area (Å²) in [7, 11) is -3.69. The van der Waals surface area contributed by atoms with E-state index in [0.717, 1.165) is 27.9 Å². The summed E-state index contributed by atoms with van der Waals surface area (Å²) in [5.74, 6) is -2.01. The molecule has 3 aromatic rings. The zero-order valence-corrected chi connectivity index (χ0v) is 21.1. The largest absolute Gasteiger partial charge is 0.325 e. The number of nitrogens with zero attached hydrogens (tertiary/aromatic N) is 4. The Morgan fingerprint density at radius 1 is 1.19 bits per heavy atom.